The zero-order valence-electron chi connectivity index (χ0n) is 10.0. The molecule has 1 heterocycles. The van der Waals surface area contributed by atoms with E-state index in [-0.39, 0.29) is 6.42 Å². The lowest BCUT2D eigenvalue weighted by molar-refractivity contribution is -0.137. The van der Waals surface area contributed by atoms with Gasteiger partial charge in [-0.15, -0.1) is 0 Å². The molecular weight excluding hydrogens is 216 g/mol. The van der Waals surface area contributed by atoms with Gasteiger partial charge in [0.25, 0.3) is 0 Å². The summed E-state index contributed by atoms with van der Waals surface area (Å²) < 4.78 is 0. The van der Waals surface area contributed by atoms with Crippen LogP contribution < -0.4 is 5.73 Å². The molecule has 1 aliphatic heterocycles. The van der Waals surface area contributed by atoms with E-state index >= 15 is 0 Å². The molecule has 4 nitrogen and oxygen atoms in total. The first kappa shape index (κ1) is 12.1. The van der Waals surface area contributed by atoms with Crippen LogP contribution in [-0.4, -0.2) is 22.5 Å². The Labute approximate surface area is 101 Å². The number of carbonyl (C=O) groups is 1. The Morgan fingerprint density at radius 2 is 2.18 bits per heavy atom. The van der Waals surface area contributed by atoms with Crippen LogP contribution in [0.15, 0.2) is 18.2 Å². The Kier molecular flexibility index (Phi) is 3.45. The molecule has 0 bridgehead atoms. The molecule has 0 aliphatic carbocycles. The smallest absolute Gasteiger partial charge is 0.305 e. The highest BCUT2D eigenvalue weighted by molar-refractivity contribution is 5.67. The number of hydrogen-bond donors (Lipinski definition) is 2. The highest BCUT2D eigenvalue weighted by Crippen LogP contribution is 2.26. The summed E-state index contributed by atoms with van der Waals surface area (Å²) in [6.07, 6.45) is -0.0176. The van der Waals surface area contributed by atoms with Crippen LogP contribution in [0.3, 0.4) is 0 Å². The topological polar surface area (TPSA) is 66.6 Å². The first-order valence-electron chi connectivity index (χ1n) is 5.91. The van der Waals surface area contributed by atoms with E-state index in [2.05, 4.69) is 24.0 Å². The van der Waals surface area contributed by atoms with E-state index in [1.165, 1.54) is 11.1 Å². The number of nitrogens with zero attached hydrogens (tertiary/aromatic N) is 1. The van der Waals surface area contributed by atoms with Gasteiger partial charge in [0.05, 0.1) is 6.42 Å². The number of benzene rings is 1. The van der Waals surface area contributed by atoms with Crippen molar-refractivity contribution in [3.8, 4) is 0 Å². The maximum Gasteiger partial charge on any atom is 0.305 e. The molecule has 0 saturated heterocycles. The van der Waals surface area contributed by atoms with Crippen molar-refractivity contribution >= 4 is 5.97 Å². The summed E-state index contributed by atoms with van der Waals surface area (Å²) in [5, 5.41) is 8.73. The lowest BCUT2D eigenvalue weighted by atomic mass is 10.00. The second-order valence-electron chi connectivity index (χ2n) is 4.54. The average Bonchev–Trinajstić information content (AvgIpc) is 2.69. The van der Waals surface area contributed by atoms with Gasteiger partial charge in [-0.2, -0.15) is 0 Å². The van der Waals surface area contributed by atoms with Crippen molar-refractivity contribution in [2.45, 2.75) is 32.5 Å². The molecule has 0 fully saturated rings. The van der Waals surface area contributed by atoms with Crippen LogP contribution in [0.1, 0.15) is 36.1 Å². The molecule has 17 heavy (non-hydrogen) atoms. The molecular formula is C13H18N2O2. The van der Waals surface area contributed by atoms with E-state index < -0.39 is 12.0 Å². The summed E-state index contributed by atoms with van der Waals surface area (Å²) in [6.45, 7) is 5.11. The van der Waals surface area contributed by atoms with Gasteiger partial charge in [-0.3, -0.25) is 9.69 Å². The highest BCUT2D eigenvalue weighted by atomic mass is 16.4. The van der Waals surface area contributed by atoms with Gasteiger partial charge in [-0.05, 0) is 23.2 Å². The fraction of sp³-hybridized carbons (Fsp3) is 0.462. The third kappa shape index (κ3) is 2.65. The van der Waals surface area contributed by atoms with Crippen LogP contribution in [0.25, 0.3) is 0 Å². The fourth-order valence-electron chi connectivity index (χ4n) is 2.25. The van der Waals surface area contributed by atoms with Crippen LogP contribution in [0.2, 0.25) is 0 Å². The van der Waals surface area contributed by atoms with E-state index in [4.69, 9.17) is 10.8 Å². The Morgan fingerprint density at radius 1 is 1.47 bits per heavy atom. The largest absolute Gasteiger partial charge is 0.481 e. The standard InChI is InChI=1S/C13H18N2O2/c1-2-15-7-10-4-3-9(5-11(10)8-15)12(14)6-13(16)17/h3-5,12H,2,6-8,14H2,1H3,(H,16,17). The molecule has 0 radical (unpaired) electrons. The van der Waals surface area contributed by atoms with E-state index in [9.17, 15) is 4.79 Å². The maximum absolute atomic E-state index is 10.6. The fourth-order valence-corrected chi connectivity index (χ4v) is 2.25. The molecule has 0 amide bonds. The van der Waals surface area contributed by atoms with Crippen molar-refractivity contribution in [3.63, 3.8) is 0 Å². The van der Waals surface area contributed by atoms with E-state index in [0.717, 1.165) is 25.2 Å². The number of carboxylic acid groups (broad SMARTS) is 1. The number of carboxylic acids is 1. The Morgan fingerprint density at radius 3 is 2.82 bits per heavy atom. The lowest BCUT2D eigenvalue weighted by Gasteiger charge is -2.11. The van der Waals surface area contributed by atoms with E-state index in [0.29, 0.717) is 0 Å². The zero-order valence-corrected chi connectivity index (χ0v) is 10.0. The maximum atomic E-state index is 10.6. The third-order valence-electron chi connectivity index (χ3n) is 3.29. The predicted octanol–water partition coefficient (Wildman–Crippen LogP) is 1.50. The first-order chi connectivity index (χ1) is 8.10. The Bertz CT molecular complexity index is 431. The van der Waals surface area contributed by atoms with Gasteiger partial charge >= 0.3 is 5.97 Å². The molecule has 1 aromatic carbocycles. The third-order valence-corrected chi connectivity index (χ3v) is 3.29. The molecule has 1 aromatic rings. The minimum absolute atomic E-state index is 0.0176. The van der Waals surface area contributed by atoms with Gasteiger partial charge in [-0.1, -0.05) is 25.1 Å². The number of fused-ring (bicyclic) bond motifs is 1. The summed E-state index contributed by atoms with van der Waals surface area (Å²) in [5.74, 6) is -0.854. The number of hydrogen-bond acceptors (Lipinski definition) is 3. The van der Waals surface area contributed by atoms with Crippen molar-refractivity contribution in [3.05, 3.63) is 34.9 Å². The number of nitrogens with two attached hydrogens (primary N) is 1. The predicted molar refractivity (Wildman–Crippen MR) is 65.4 cm³/mol. The SMILES string of the molecule is CCN1Cc2ccc(C(N)CC(=O)O)cc2C1. The van der Waals surface area contributed by atoms with Crippen LogP contribution in [-0.2, 0) is 17.9 Å². The van der Waals surface area contributed by atoms with Crippen molar-refractivity contribution in [1.29, 1.82) is 0 Å². The Hall–Kier alpha value is -1.39. The molecule has 1 atom stereocenters. The van der Waals surface area contributed by atoms with Crippen LogP contribution in [0.4, 0.5) is 0 Å². The van der Waals surface area contributed by atoms with Crippen molar-refractivity contribution in [1.82, 2.24) is 4.90 Å². The van der Waals surface area contributed by atoms with Gasteiger partial charge < -0.3 is 10.8 Å². The lowest BCUT2D eigenvalue weighted by Crippen LogP contribution is -2.15. The van der Waals surface area contributed by atoms with Crippen molar-refractivity contribution in [2.24, 2.45) is 5.73 Å². The summed E-state index contributed by atoms with van der Waals surface area (Å²) in [5.41, 5.74) is 9.40. The minimum atomic E-state index is -0.854. The van der Waals surface area contributed by atoms with Crippen LogP contribution >= 0.6 is 0 Å². The summed E-state index contributed by atoms with van der Waals surface area (Å²) in [7, 11) is 0. The zero-order chi connectivity index (χ0) is 12.4. The van der Waals surface area contributed by atoms with Crippen molar-refractivity contribution < 1.29 is 9.90 Å². The molecule has 4 heteroatoms. The van der Waals surface area contributed by atoms with Gasteiger partial charge in [0, 0.05) is 19.1 Å². The molecule has 2 rings (SSSR count). The normalized spacial score (nSPS) is 16.8. The summed E-state index contributed by atoms with van der Waals surface area (Å²) >= 11 is 0. The summed E-state index contributed by atoms with van der Waals surface area (Å²) in [4.78, 5) is 13.0. The van der Waals surface area contributed by atoms with E-state index in [1.807, 2.05) is 6.07 Å². The monoisotopic (exact) mass is 234 g/mol. The molecule has 0 spiro atoms. The molecule has 0 aromatic heterocycles. The first-order valence-corrected chi connectivity index (χ1v) is 5.91. The van der Waals surface area contributed by atoms with Crippen LogP contribution in [0, 0.1) is 0 Å². The van der Waals surface area contributed by atoms with Gasteiger partial charge in [0.2, 0.25) is 0 Å². The van der Waals surface area contributed by atoms with E-state index in [1.54, 1.807) is 0 Å². The van der Waals surface area contributed by atoms with Gasteiger partial charge in [0.1, 0.15) is 0 Å². The molecule has 0 saturated carbocycles. The minimum Gasteiger partial charge on any atom is -0.481 e. The summed E-state index contributed by atoms with van der Waals surface area (Å²) in [6, 6.07) is 5.67. The molecule has 1 aliphatic rings. The molecule has 92 valence electrons. The van der Waals surface area contributed by atoms with Crippen LogP contribution in [0.5, 0.6) is 0 Å². The second kappa shape index (κ2) is 4.85. The van der Waals surface area contributed by atoms with Crippen molar-refractivity contribution in [2.75, 3.05) is 6.54 Å². The molecule has 3 N–H and O–H groups in total. The molecule has 1 unspecified atom stereocenters. The number of aliphatic carboxylic acids is 1. The van der Waals surface area contributed by atoms with Gasteiger partial charge in [-0.25, -0.2) is 0 Å². The Balaban J connectivity index is 2.15. The quantitative estimate of drug-likeness (QED) is 0.828. The van der Waals surface area contributed by atoms with Gasteiger partial charge in [0.15, 0.2) is 0 Å². The number of rotatable bonds is 4. The second-order valence-corrected chi connectivity index (χ2v) is 4.54. The highest BCUT2D eigenvalue weighted by Gasteiger charge is 2.19. The average molecular weight is 234 g/mol.